The number of hydrogen-bond acceptors (Lipinski definition) is 2. The third-order valence-corrected chi connectivity index (χ3v) is 2.94. The third kappa shape index (κ3) is 4.47. The predicted octanol–water partition coefficient (Wildman–Crippen LogP) is 2.43. The standard InChI is InChI=1S/C14H22N2O/c1-5-14(2,3)15-13(17)11-16(4)12-9-7-6-8-10-12/h6-10H,5,11H2,1-4H3,(H,15,17). The molecule has 0 bridgehead atoms. The van der Waals surface area contributed by atoms with Gasteiger partial charge in [0.15, 0.2) is 0 Å². The Morgan fingerprint density at radius 1 is 1.29 bits per heavy atom. The molecule has 3 heteroatoms. The van der Waals surface area contributed by atoms with E-state index in [-0.39, 0.29) is 11.4 Å². The lowest BCUT2D eigenvalue weighted by Gasteiger charge is -2.26. The van der Waals surface area contributed by atoms with Gasteiger partial charge < -0.3 is 10.2 Å². The minimum Gasteiger partial charge on any atom is -0.365 e. The third-order valence-electron chi connectivity index (χ3n) is 2.94. The predicted molar refractivity (Wildman–Crippen MR) is 72.2 cm³/mol. The fraction of sp³-hybridized carbons (Fsp3) is 0.500. The zero-order valence-corrected chi connectivity index (χ0v) is 11.2. The van der Waals surface area contributed by atoms with Crippen LogP contribution < -0.4 is 10.2 Å². The highest BCUT2D eigenvalue weighted by Gasteiger charge is 2.18. The van der Waals surface area contributed by atoms with Gasteiger partial charge in [0.05, 0.1) is 6.54 Å². The fourth-order valence-electron chi connectivity index (χ4n) is 1.49. The van der Waals surface area contributed by atoms with Crippen LogP contribution in [0, 0.1) is 0 Å². The van der Waals surface area contributed by atoms with Gasteiger partial charge in [0.1, 0.15) is 0 Å². The molecule has 0 saturated carbocycles. The van der Waals surface area contributed by atoms with Crippen LogP contribution in [0.4, 0.5) is 5.69 Å². The van der Waals surface area contributed by atoms with Crippen LogP contribution in [0.15, 0.2) is 30.3 Å². The van der Waals surface area contributed by atoms with E-state index in [2.05, 4.69) is 12.2 Å². The van der Waals surface area contributed by atoms with E-state index in [0.717, 1.165) is 12.1 Å². The highest BCUT2D eigenvalue weighted by Crippen LogP contribution is 2.11. The first-order chi connectivity index (χ1) is 7.94. The summed E-state index contributed by atoms with van der Waals surface area (Å²) in [5, 5.41) is 3.03. The van der Waals surface area contributed by atoms with Crippen molar-refractivity contribution in [2.45, 2.75) is 32.7 Å². The Labute approximate surface area is 104 Å². The van der Waals surface area contributed by atoms with E-state index >= 15 is 0 Å². The van der Waals surface area contributed by atoms with Crippen LogP contribution >= 0.6 is 0 Å². The summed E-state index contributed by atoms with van der Waals surface area (Å²) in [7, 11) is 1.92. The summed E-state index contributed by atoms with van der Waals surface area (Å²) in [4.78, 5) is 13.8. The first-order valence-electron chi connectivity index (χ1n) is 6.02. The van der Waals surface area contributed by atoms with Crippen molar-refractivity contribution in [1.29, 1.82) is 0 Å². The SMILES string of the molecule is CCC(C)(C)NC(=O)CN(C)c1ccccc1. The van der Waals surface area contributed by atoms with Gasteiger partial charge in [-0.3, -0.25) is 4.79 Å². The summed E-state index contributed by atoms with van der Waals surface area (Å²) < 4.78 is 0. The molecule has 0 heterocycles. The number of carbonyl (C=O) groups excluding carboxylic acids is 1. The molecule has 0 unspecified atom stereocenters. The van der Waals surface area contributed by atoms with Crippen LogP contribution in [0.2, 0.25) is 0 Å². The second-order valence-corrected chi connectivity index (χ2v) is 4.98. The van der Waals surface area contributed by atoms with E-state index in [9.17, 15) is 4.79 Å². The van der Waals surface area contributed by atoms with Gasteiger partial charge in [-0.1, -0.05) is 25.1 Å². The lowest BCUT2D eigenvalue weighted by Crippen LogP contribution is -2.46. The molecule has 17 heavy (non-hydrogen) atoms. The van der Waals surface area contributed by atoms with Gasteiger partial charge in [-0.25, -0.2) is 0 Å². The van der Waals surface area contributed by atoms with Gasteiger partial charge in [0, 0.05) is 18.3 Å². The Balaban J connectivity index is 2.52. The van der Waals surface area contributed by atoms with Crippen molar-refractivity contribution in [3.63, 3.8) is 0 Å². The van der Waals surface area contributed by atoms with Crippen molar-refractivity contribution >= 4 is 11.6 Å². The molecule has 1 aromatic carbocycles. The largest absolute Gasteiger partial charge is 0.365 e. The number of anilines is 1. The van der Waals surface area contributed by atoms with Crippen LogP contribution in [-0.2, 0) is 4.79 Å². The highest BCUT2D eigenvalue weighted by molar-refractivity contribution is 5.81. The zero-order valence-electron chi connectivity index (χ0n) is 11.2. The second kappa shape index (κ2) is 5.71. The van der Waals surface area contributed by atoms with Gasteiger partial charge >= 0.3 is 0 Å². The minimum atomic E-state index is -0.130. The Kier molecular flexibility index (Phi) is 4.55. The van der Waals surface area contributed by atoms with Crippen LogP contribution in [0.3, 0.4) is 0 Å². The van der Waals surface area contributed by atoms with Crippen LogP contribution in [-0.4, -0.2) is 25.0 Å². The topological polar surface area (TPSA) is 32.3 Å². The molecule has 3 nitrogen and oxygen atoms in total. The van der Waals surface area contributed by atoms with E-state index in [1.807, 2.05) is 56.1 Å². The molecule has 0 saturated heterocycles. The Hall–Kier alpha value is -1.51. The lowest BCUT2D eigenvalue weighted by molar-refractivity contribution is -0.121. The van der Waals surface area contributed by atoms with E-state index < -0.39 is 0 Å². The first-order valence-corrected chi connectivity index (χ1v) is 6.02. The van der Waals surface area contributed by atoms with Gasteiger partial charge in [0.25, 0.3) is 0 Å². The molecule has 94 valence electrons. The molecular formula is C14H22N2O. The molecule has 1 rings (SSSR count). The van der Waals surface area contributed by atoms with Crippen molar-refractivity contribution < 1.29 is 4.79 Å². The zero-order chi connectivity index (χ0) is 12.9. The Morgan fingerprint density at radius 3 is 2.41 bits per heavy atom. The quantitative estimate of drug-likeness (QED) is 0.848. The number of nitrogens with zero attached hydrogens (tertiary/aromatic N) is 1. The number of amides is 1. The van der Waals surface area contributed by atoms with Crippen molar-refractivity contribution in [3.8, 4) is 0 Å². The maximum Gasteiger partial charge on any atom is 0.239 e. The average Bonchev–Trinajstić information content (AvgIpc) is 2.29. The number of hydrogen-bond donors (Lipinski definition) is 1. The normalized spacial score (nSPS) is 11.1. The monoisotopic (exact) mass is 234 g/mol. The summed E-state index contributed by atoms with van der Waals surface area (Å²) in [6, 6.07) is 9.91. The first kappa shape index (κ1) is 13.6. The number of para-hydroxylation sites is 1. The molecular weight excluding hydrogens is 212 g/mol. The molecule has 0 radical (unpaired) electrons. The summed E-state index contributed by atoms with van der Waals surface area (Å²) in [6.45, 7) is 6.52. The van der Waals surface area contributed by atoms with Gasteiger partial charge in [0.2, 0.25) is 5.91 Å². The maximum absolute atomic E-state index is 11.8. The van der Waals surface area contributed by atoms with Gasteiger partial charge in [-0.15, -0.1) is 0 Å². The molecule has 1 amide bonds. The molecule has 1 N–H and O–H groups in total. The smallest absolute Gasteiger partial charge is 0.239 e. The summed E-state index contributed by atoms with van der Waals surface area (Å²) in [5.74, 6) is 0.0585. The van der Waals surface area contributed by atoms with Crippen molar-refractivity contribution in [1.82, 2.24) is 5.32 Å². The molecule has 0 aliphatic heterocycles. The number of likely N-dealkylation sites (N-methyl/N-ethyl adjacent to an activating group) is 1. The molecule has 0 atom stereocenters. The van der Waals surface area contributed by atoms with E-state index in [0.29, 0.717) is 6.54 Å². The lowest BCUT2D eigenvalue weighted by atomic mass is 10.0. The summed E-state index contributed by atoms with van der Waals surface area (Å²) >= 11 is 0. The van der Waals surface area contributed by atoms with Crippen molar-refractivity contribution in [2.75, 3.05) is 18.5 Å². The molecule has 0 spiro atoms. The average molecular weight is 234 g/mol. The number of benzene rings is 1. The van der Waals surface area contributed by atoms with Gasteiger partial charge in [-0.2, -0.15) is 0 Å². The minimum absolute atomic E-state index is 0.0585. The number of nitrogens with one attached hydrogen (secondary N) is 1. The molecule has 0 aliphatic rings. The second-order valence-electron chi connectivity index (χ2n) is 4.98. The Bertz CT molecular complexity index is 360. The maximum atomic E-state index is 11.8. The van der Waals surface area contributed by atoms with E-state index in [1.165, 1.54) is 0 Å². The van der Waals surface area contributed by atoms with Crippen LogP contribution in [0.5, 0.6) is 0 Å². The molecule has 0 aliphatic carbocycles. The number of carbonyl (C=O) groups is 1. The number of rotatable bonds is 5. The summed E-state index contributed by atoms with van der Waals surface area (Å²) in [6.07, 6.45) is 0.924. The Morgan fingerprint density at radius 2 is 1.88 bits per heavy atom. The van der Waals surface area contributed by atoms with E-state index in [1.54, 1.807) is 0 Å². The van der Waals surface area contributed by atoms with Crippen molar-refractivity contribution in [3.05, 3.63) is 30.3 Å². The molecule has 1 aromatic rings. The fourth-order valence-corrected chi connectivity index (χ4v) is 1.49. The highest BCUT2D eigenvalue weighted by atomic mass is 16.2. The summed E-state index contributed by atoms with van der Waals surface area (Å²) in [5.41, 5.74) is 0.922. The van der Waals surface area contributed by atoms with E-state index in [4.69, 9.17) is 0 Å². The van der Waals surface area contributed by atoms with Crippen molar-refractivity contribution in [2.24, 2.45) is 0 Å². The van der Waals surface area contributed by atoms with Gasteiger partial charge in [-0.05, 0) is 32.4 Å². The molecule has 0 fully saturated rings. The van der Waals surface area contributed by atoms with Crippen LogP contribution in [0.25, 0.3) is 0 Å². The van der Waals surface area contributed by atoms with Crippen LogP contribution in [0.1, 0.15) is 27.2 Å². The molecule has 0 aromatic heterocycles.